The fourth-order valence-electron chi connectivity index (χ4n) is 3.52. The second-order valence-corrected chi connectivity index (χ2v) is 7.69. The van der Waals surface area contributed by atoms with Crippen LogP contribution in [0.25, 0.3) is 0 Å². The first-order valence-electron chi connectivity index (χ1n) is 10.8. The summed E-state index contributed by atoms with van der Waals surface area (Å²) in [5.74, 6) is 1.54. The lowest BCUT2D eigenvalue weighted by Gasteiger charge is -2.08. The Labute approximate surface area is 151 Å². The molecule has 0 bridgehead atoms. The molecule has 0 atom stereocenters. The lowest BCUT2D eigenvalue weighted by Crippen LogP contribution is -2.37. The molecule has 0 unspecified atom stereocenters. The Hall–Kier alpha value is -0.790. The quantitative estimate of drug-likeness (QED) is 0.251. The van der Waals surface area contributed by atoms with Gasteiger partial charge in [0.15, 0.2) is 0 Å². The Kier molecular flexibility index (Phi) is 12.0. The monoisotopic (exact) mass is 335 g/mol. The number of imidazole rings is 1. The van der Waals surface area contributed by atoms with Crippen LogP contribution in [0.15, 0.2) is 12.4 Å². The molecule has 0 aliphatic carbocycles. The molecule has 0 amide bonds. The number of rotatable bonds is 15. The van der Waals surface area contributed by atoms with Crippen molar-refractivity contribution in [1.82, 2.24) is 4.57 Å². The second kappa shape index (κ2) is 13.5. The first-order chi connectivity index (χ1) is 11.7. The van der Waals surface area contributed by atoms with Crippen LogP contribution in [0.4, 0.5) is 0 Å². The SMILES string of the molecule is CCCCCCCCCCCCc1n(C(C)C)cc[n+]1CCCC. The molecule has 0 fully saturated rings. The summed E-state index contributed by atoms with van der Waals surface area (Å²) in [5, 5.41) is 0. The molecule has 1 aromatic heterocycles. The third-order valence-corrected chi connectivity index (χ3v) is 5.10. The maximum absolute atomic E-state index is 2.50. The van der Waals surface area contributed by atoms with Crippen molar-refractivity contribution < 1.29 is 4.57 Å². The van der Waals surface area contributed by atoms with Crippen molar-refractivity contribution in [2.45, 2.75) is 124 Å². The molecule has 0 aliphatic heterocycles. The summed E-state index contributed by atoms with van der Waals surface area (Å²) >= 11 is 0. The van der Waals surface area contributed by atoms with Crippen LogP contribution in [0.3, 0.4) is 0 Å². The standard InChI is InChI=1S/C22H43N2/c1-5-7-9-10-11-12-13-14-15-16-17-22-23(18-8-6-2)19-20-24(22)21(3)4/h19-21H,5-18H2,1-4H3/q+1. The van der Waals surface area contributed by atoms with E-state index in [1.54, 1.807) is 0 Å². The fourth-order valence-corrected chi connectivity index (χ4v) is 3.52. The van der Waals surface area contributed by atoms with Gasteiger partial charge in [0.1, 0.15) is 12.4 Å². The molecule has 1 rings (SSSR count). The lowest BCUT2D eigenvalue weighted by molar-refractivity contribution is -0.704. The third-order valence-electron chi connectivity index (χ3n) is 5.10. The number of nitrogens with zero attached hydrogens (tertiary/aromatic N) is 2. The Bertz CT molecular complexity index is 406. The van der Waals surface area contributed by atoms with Crippen LogP contribution in [-0.2, 0) is 13.0 Å². The van der Waals surface area contributed by atoms with Crippen LogP contribution in [0.2, 0.25) is 0 Å². The van der Waals surface area contributed by atoms with Gasteiger partial charge in [-0.05, 0) is 26.7 Å². The number of aromatic nitrogens is 2. The highest BCUT2D eigenvalue weighted by Crippen LogP contribution is 2.14. The van der Waals surface area contributed by atoms with E-state index in [0.717, 1.165) is 0 Å². The van der Waals surface area contributed by atoms with Crippen molar-refractivity contribution >= 4 is 0 Å². The lowest BCUT2D eigenvalue weighted by atomic mass is 10.1. The summed E-state index contributed by atoms with van der Waals surface area (Å²) in [4.78, 5) is 0. The van der Waals surface area contributed by atoms with Gasteiger partial charge in [-0.3, -0.25) is 0 Å². The van der Waals surface area contributed by atoms with E-state index in [4.69, 9.17) is 0 Å². The van der Waals surface area contributed by atoms with Crippen molar-refractivity contribution in [3.63, 3.8) is 0 Å². The zero-order chi connectivity index (χ0) is 17.6. The second-order valence-electron chi connectivity index (χ2n) is 7.69. The van der Waals surface area contributed by atoms with Crippen molar-refractivity contribution in [2.75, 3.05) is 0 Å². The fraction of sp³-hybridized carbons (Fsp3) is 0.864. The maximum atomic E-state index is 2.50. The van der Waals surface area contributed by atoms with E-state index < -0.39 is 0 Å². The minimum Gasteiger partial charge on any atom is -0.234 e. The van der Waals surface area contributed by atoms with E-state index >= 15 is 0 Å². The van der Waals surface area contributed by atoms with E-state index in [0.29, 0.717) is 6.04 Å². The van der Waals surface area contributed by atoms with Crippen molar-refractivity contribution in [3.8, 4) is 0 Å². The first kappa shape index (κ1) is 21.3. The van der Waals surface area contributed by atoms with Gasteiger partial charge in [-0.25, -0.2) is 9.13 Å². The zero-order valence-corrected chi connectivity index (χ0v) is 17.0. The molecule has 0 saturated carbocycles. The van der Waals surface area contributed by atoms with Crippen molar-refractivity contribution in [3.05, 3.63) is 18.2 Å². The van der Waals surface area contributed by atoms with Crippen LogP contribution in [0.1, 0.15) is 117 Å². The number of hydrogen-bond donors (Lipinski definition) is 0. The molecule has 24 heavy (non-hydrogen) atoms. The van der Waals surface area contributed by atoms with Gasteiger partial charge in [-0.1, -0.05) is 78.1 Å². The van der Waals surface area contributed by atoms with Gasteiger partial charge in [-0.15, -0.1) is 0 Å². The molecule has 0 radical (unpaired) electrons. The van der Waals surface area contributed by atoms with Gasteiger partial charge in [-0.2, -0.15) is 0 Å². The molecule has 0 saturated heterocycles. The maximum Gasteiger partial charge on any atom is 0.256 e. The summed E-state index contributed by atoms with van der Waals surface area (Å²) in [6.07, 6.45) is 22.6. The van der Waals surface area contributed by atoms with E-state index in [9.17, 15) is 0 Å². The van der Waals surface area contributed by atoms with E-state index in [1.165, 1.54) is 95.8 Å². The molecule has 1 aromatic rings. The minimum atomic E-state index is 0.575. The van der Waals surface area contributed by atoms with Gasteiger partial charge >= 0.3 is 0 Å². The molecule has 140 valence electrons. The topological polar surface area (TPSA) is 8.81 Å². The molecule has 0 aromatic carbocycles. The molecule has 0 aliphatic rings. The molecule has 0 spiro atoms. The smallest absolute Gasteiger partial charge is 0.234 e. The summed E-state index contributed by atoms with van der Waals surface area (Å²) in [7, 11) is 0. The van der Waals surface area contributed by atoms with Gasteiger partial charge < -0.3 is 0 Å². The summed E-state index contributed by atoms with van der Waals surface area (Å²) in [6.45, 7) is 10.4. The highest BCUT2D eigenvalue weighted by atomic mass is 15.2. The van der Waals surface area contributed by atoms with Crippen LogP contribution in [0.5, 0.6) is 0 Å². The number of unbranched alkanes of at least 4 members (excludes halogenated alkanes) is 10. The molecule has 2 heteroatoms. The molecular formula is C22H43N2+. The first-order valence-corrected chi connectivity index (χ1v) is 10.8. The minimum absolute atomic E-state index is 0.575. The number of aryl methyl sites for hydroxylation is 1. The van der Waals surface area contributed by atoms with Crippen LogP contribution < -0.4 is 4.57 Å². The normalized spacial score (nSPS) is 11.5. The Morgan fingerprint density at radius 3 is 1.88 bits per heavy atom. The average Bonchev–Trinajstić information content (AvgIpc) is 2.97. The molecule has 0 N–H and O–H groups in total. The van der Waals surface area contributed by atoms with E-state index in [2.05, 4.69) is 49.2 Å². The Morgan fingerprint density at radius 1 is 0.792 bits per heavy atom. The van der Waals surface area contributed by atoms with Gasteiger partial charge in [0.2, 0.25) is 0 Å². The average molecular weight is 336 g/mol. The summed E-state index contributed by atoms with van der Waals surface area (Å²) in [5.41, 5.74) is 0. The molecular weight excluding hydrogens is 292 g/mol. The summed E-state index contributed by atoms with van der Waals surface area (Å²) < 4.78 is 4.97. The van der Waals surface area contributed by atoms with Crippen LogP contribution in [0, 0.1) is 0 Å². The predicted molar refractivity (Wildman–Crippen MR) is 105 cm³/mol. The van der Waals surface area contributed by atoms with Crippen LogP contribution >= 0.6 is 0 Å². The van der Waals surface area contributed by atoms with Crippen molar-refractivity contribution in [2.24, 2.45) is 0 Å². The van der Waals surface area contributed by atoms with Gasteiger partial charge in [0.05, 0.1) is 12.6 Å². The van der Waals surface area contributed by atoms with E-state index in [1.807, 2.05) is 0 Å². The van der Waals surface area contributed by atoms with Crippen molar-refractivity contribution in [1.29, 1.82) is 0 Å². The molecule has 2 nitrogen and oxygen atoms in total. The Balaban J connectivity index is 2.22. The largest absolute Gasteiger partial charge is 0.256 e. The number of hydrogen-bond acceptors (Lipinski definition) is 0. The van der Waals surface area contributed by atoms with Gasteiger partial charge in [0.25, 0.3) is 5.82 Å². The predicted octanol–water partition coefficient (Wildman–Crippen LogP) is 6.62. The van der Waals surface area contributed by atoms with Gasteiger partial charge in [0, 0.05) is 6.42 Å². The molecule has 1 heterocycles. The van der Waals surface area contributed by atoms with Crippen LogP contribution in [-0.4, -0.2) is 4.57 Å². The zero-order valence-electron chi connectivity index (χ0n) is 17.0. The highest BCUT2D eigenvalue weighted by molar-refractivity contribution is 4.86. The summed E-state index contributed by atoms with van der Waals surface area (Å²) in [6, 6.07) is 0.575. The highest BCUT2D eigenvalue weighted by Gasteiger charge is 2.18. The third kappa shape index (κ3) is 8.35. The Morgan fingerprint density at radius 2 is 1.33 bits per heavy atom. The van der Waals surface area contributed by atoms with E-state index in [-0.39, 0.29) is 0 Å².